The van der Waals surface area contributed by atoms with E-state index in [1.165, 1.54) is 12.8 Å². The second kappa shape index (κ2) is 4.61. The summed E-state index contributed by atoms with van der Waals surface area (Å²) in [6.45, 7) is 4.22. The van der Waals surface area contributed by atoms with Crippen LogP contribution in [0.5, 0.6) is 0 Å². The van der Waals surface area contributed by atoms with Crippen LogP contribution in [0.1, 0.15) is 26.2 Å². The van der Waals surface area contributed by atoms with Gasteiger partial charge in [0.15, 0.2) is 0 Å². The highest BCUT2D eigenvalue weighted by Gasteiger charge is 2.43. The van der Waals surface area contributed by atoms with Crippen molar-refractivity contribution in [1.29, 1.82) is 0 Å². The van der Waals surface area contributed by atoms with Gasteiger partial charge in [-0.2, -0.15) is 0 Å². The van der Waals surface area contributed by atoms with E-state index in [0.29, 0.717) is 5.92 Å². The van der Waals surface area contributed by atoms with E-state index in [1.54, 1.807) is 0 Å². The lowest BCUT2D eigenvalue weighted by molar-refractivity contribution is -0.138. The molecule has 2 atom stereocenters. The fourth-order valence-electron chi connectivity index (χ4n) is 1.67. The van der Waals surface area contributed by atoms with E-state index in [4.69, 9.17) is 5.11 Å². The zero-order chi connectivity index (χ0) is 9.84. The topological polar surface area (TPSA) is 40.5 Å². The molecule has 0 heterocycles. The molecule has 1 aliphatic carbocycles. The molecular formula is C10H19NO2. The van der Waals surface area contributed by atoms with Crippen LogP contribution >= 0.6 is 0 Å². The van der Waals surface area contributed by atoms with Crippen molar-refractivity contribution < 1.29 is 9.90 Å². The Bertz CT molecular complexity index is 182. The molecule has 3 nitrogen and oxygen atoms in total. The van der Waals surface area contributed by atoms with Crippen LogP contribution in [0.3, 0.4) is 0 Å². The third kappa shape index (κ3) is 3.35. The molecule has 0 aromatic carbocycles. The highest BCUT2D eigenvalue weighted by Crippen LogP contribution is 2.38. The Morgan fingerprint density at radius 2 is 2.31 bits per heavy atom. The second-order valence-electron chi connectivity index (χ2n) is 4.06. The van der Waals surface area contributed by atoms with E-state index < -0.39 is 5.97 Å². The van der Waals surface area contributed by atoms with Crippen LogP contribution in [-0.2, 0) is 4.79 Å². The van der Waals surface area contributed by atoms with Gasteiger partial charge in [-0.05, 0) is 32.4 Å². The maximum Gasteiger partial charge on any atom is 0.306 e. The lowest BCUT2D eigenvalue weighted by atomic mass is 10.2. The number of unbranched alkanes of at least 4 members (excludes halogenated alkanes) is 1. The fourth-order valence-corrected chi connectivity index (χ4v) is 1.67. The molecule has 0 aromatic rings. The van der Waals surface area contributed by atoms with Crippen LogP contribution in [0.2, 0.25) is 0 Å². The Morgan fingerprint density at radius 1 is 1.62 bits per heavy atom. The number of carboxylic acid groups (broad SMARTS) is 1. The van der Waals surface area contributed by atoms with Gasteiger partial charge in [0, 0.05) is 6.54 Å². The summed E-state index contributed by atoms with van der Waals surface area (Å²) in [6, 6.07) is 0. The number of nitrogens with zero attached hydrogens (tertiary/aromatic N) is 1. The van der Waals surface area contributed by atoms with Gasteiger partial charge >= 0.3 is 5.97 Å². The van der Waals surface area contributed by atoms with Gasteiger partial charge in [0.25, 0.3) is 0 Å². The minimum absolute atomic E-state index is 0.0518. The van der Waals surface area contributed by atoms with E-state index in [0.717, 1.165) is 19.5 Å². The molecule has 0 bridgehead atoms. The average molecular weight is 185 g/mol. The normalized spacial score (nSPS) is 26.4. The molecule has 2 unspecified atom stereocenters. The largest absolute Gasteiger partial charge is 0.481 e. The third-order valence-electron chi connectivity index (χ3n) is 2.68. The van der Waals surface area contributed by atoms with Gasteiger partial charge in [-0.1, -0.05) is 13.3 Å². The molecule has 0 aliphatic heterocycles. The summed E-state index contributed by atoms with van der Waals surface area (Å²) < 4.78 is 0. The smallest absolute Gasteiger partial charge is 0.306 e. The number of hydrogen-bond donors (Lipinski definition) is 1. The Hall–Kier alpha value is -0.570. The van der Waals surface area contributed by atoms with Crippen molar-refractivity contribution in [3.05, 3.63) is 0 Å². The van der Waals surface area contributed by atoms with Gasteiger partial charge < -0.3 is 10.0 Å². The zero-order valence-corrected chi connectivity index (χ0v) is 8.49. The lowest BCUT2D eigenvalue weighted by Crippen LogP contribution is -2.23. The SMILES string of the molecule is CCCCN(C)CC1CC1C(=O)O. The molecule has 1 rings (SSSR count). The van der Waals surface area contributed by atoms with Crippen molar-refractivity contribution >= 4 is 5.97 Å². The van der Waals surface area contributed by atoms with Crippen LogP contribution in [0.4, 0.5) is 0 Å². The Morgan fingerprint density at radius 3 is 2.77 bits per heavy atom. The van der Waals surface area contributed by atoms with Crippen molar-refractivity contribution in [2.45, 2.75) is 26.2 Å². The first-order valence-corrected chi connectivity index (χ1v) is 5.06. The van der Waals surface area contributed by atoms with Gasteiger partial charge in [-0.3, -0.25) is 4.79 Å². The number of carbonyl (C=O) groups is 1. The Balaban J connectivity index is 2.09. The maximum absolute atomic E-state index is 10.5. The number of rotatable bonds is 6. The molecule has 1 N–H and O–H groups in total. The van der Waals surface area contributed by atoms with Crippen molar-refractivity contribution in [2.24, 2.45) is 11.8 Å². The first-order chi connectivity index (χ1) is 6.15. The average Bonchev–Trinajstić information content (AvgIpc) is 2.80. The predicted molar refractivity (Wildman–Crippen MR) is 51.6 cm³/mol. The van der Waals surface area contributed by atoms with Gasteiger partial charge in [-0.25, -0.2) is 0 Å². The van der Waals surface area contributed by atoms with Gasteiger partial charge in [0.05, 0.1) is 5.92 Å². The molecule has 0 amide bonds. The summed E-state index contributed by atoms with van der Waals surface area (Å²) in [7, 11) is 2.08. The van der Waals surface area contributed by atoms with E-state index >= 15 is 0 Å². The summed E-state index contributed by atoms with van der Waals surface area (Å²) in [4.78, 5) is 12.8. The number of hydrogen-bond acceptors (Lipinski definition) is 2. The van der Waals surface area contributed by atoms with Crippen molar-refractivity contribution in [3.63, 3.8) is 0 Å². The Labute approximate surface area is 79.7 Å². The molecular weight excluding hydrogens is 166 g/mol. The molecule has 0 radical (unpaired) electrons. The van der Waals surface area contributed by atoms with Crippen molar-refractivity contribution in [2.75, 3.05) is 20.1 Å². The van der Waals surface area contributed by atoms with Gasteiger partial charge in [0.2, 0.25) is 0 Å². The van der Waals surface area contributed by atoms with Crippen LogP contribution < -0.4 is 0 Å². The summed E-state index contributed by atoms with van der Waals surface area (Å²) in [6.07, 6.45) is 3.30. The number of aliphatic carboxylic acids is 1. The van der Waals surface area contributed by atoms with E-state index in [-0.39, 0.29) is 5.92 Å². The molecule has 0 saturated heterocycles. The monoisotopic (exact) mass is 185 g/mol. The van der Waals surface area contributed by atoms with Crippen LogP contribution in [0.15, 0.2) is 0 Å². The maximum atomic E-state index is 10.5. The molecule has 1 aliphatic rings. The lowest BCUT2D eigenvalue weighted by Gasteiger charge is -2.15. The van der Waals surface area contributed by atoms with Crippen LogP contribution in [0.25, 0.3) is 0 Å². The molecule has 76 valence electrons. The predicted octanol–water partition coefficient (Wildman–Crippen LogP) is 1.44. The fraction of sp³-hybridized carbons (Fsp3) is 0.900. The van der Waals surface area contributed by atoms with E-state index in [9.17, 15) is 4.79 Å². The summed E-state index contributed by atoms with van der Waals surface area (Å²) in [5.41, 5.74) is 0. The van der Waals surface area contributed by atoms with Gasteiger partial charge in [0.1, 0.15) is 0 Å². The highest BCUT2D eigenvalue weighted by atomic mass is 16.4. The first-order valence-electron chi connectivity index (χ1n) is 5.06. The minimum Gasteiger partial charge on any atom is -0.481 e. The summed E-state index contributed by atoms with van der Waals surface area (Å²) in [5, 5.41) is 8.69. The van der Waals surface area contributed by atoms with Crippen LogP contribution in [-0.4, -0.2) is 36.1 Å². The molecule has 0 aromatic heterocycles. The number of carboxylic acids is 1. The molecule has 1 saturated carbocycles. The highest BCUT2D eigenvalue weighted by molar-refractivity contribution is 5.73. The summed E-state index contributed by atoms with van der Waals surface area (Å²) >= 11 is 0. The third-order valence-corrected chi connectivity index (χ3v) is 2.68. The van der Waals surface area contributed by atoms with Gasteiger partial charge in [-0.15, -0.1) is 0 Å². The van der Waals surface area contributed by atoms with Crippen molar-refractivity contribution in [3.8, 4) is 0 Å². The zero-order valence-electron chi connectivity index (χ0n) is 8.49. The Kier molecular flexibility index (Phi) is 3.72. The molecule has 0 spiro atoms. The second-order valence-corrected chi connectivity index (χ2v) is 4.06. The molecule has 13 heavy (non-hydrogen) atoms. The van der Waals surface area contributed by atoms with E-state index in [1.807, 2.05) is 0 Å². The standard InChI is InChI=1S/C10H19NO2/c1-3-4-5-11(2)7-8-6-9(8)10(12)13/h8-9H,3-7H2,1-2H3,(H,12,13). The van der Waals surface area contributed by atoms with Crippen molar-refractivity contribution in [1.82, 2.24) is 4.90 Å². The molecule has 1 fully saturated rings. The minimum atomic E-state index is -0.617. The molecule has 3 heteroatoms. The van der Waals surface area contributed by atoms with Crippen LogP contribution in [0, 0.1) is 11.8 Å². The van der Waals surface area contributed by atoms with E-state index in [2.05, 4.69) is 18.9 Å². The quantitative estimate of drug-likeness (QED) is 0.680. The first kappa shape index (κ1) is 10.5. The summed E-state index contributed by atoms with van der Waals surface area (Å²) in [5.74, 6) is -0.252.